The van der Waals surface area contributed by atoms with Crippen LogP contribution in [0, 0.1) is 5.92 Å². The van der Waals surface area contributed by atoms with Gasteiger partial charge in [-0.3, -0.25) is 4.79 Å². The number of amides is 2. The lowest BCUT2D eigenvalue weighted by Gasteiger charge is -2.44. The maximum atomic E-state index is 14.0. The van der Waals surface area contributed by atoms with E-state index >= 15 is 0 Å². The van der Waals surface area contributed by atoms with Crippen LogP contribution < -0.4 is 9.47 Å². The molecular weight excluding hydrogens is 571 g/mol. The van der Waals surface area contributed by atoms with Crippen molar-refractivity contribution >= 4 is 34.5 Å². The van der Waals surface area contributed by atoms with Gasteiger partial charge < -0.3 is 28.1 Å². The predicted octanol–water partition coefficient (Wildman–Crippen LogP) is 6.97. The van der Waals surface area contributed by atoms with Crippen molar-refractivity contribution in [1.82, 2.24) is 4.90 Å². The van der Waals surface area contributed by atoms with Gasteiger partial charge in [0.2, 0.25) is 6.79 Å². The molecule has 1 aromatic carbocycles. The first kappa shape index (κ1) is 32.7. The molecule has 1 fully saturated rings. The van der Waals surface area contributed by atoms with Crippen LogP contribution in [0.5, 0.6) is 11.5 Å². The Labute approximate surface area is 252 Å². The molecule has 1 aliphatic carbocycles. The fourth-order valence-electron chi connectivity index (χ4n) is 6.63. The molecule has 0 aromatic heterocycles. The number of ether oxygens (including phenoxy) is 5. The zero-order valence-electron chi connectivity index (χ0n) is 26.8. The molecule has 4 rings (SSSR count). The lowest BCUT2D eigenvalue weighted by Crippen LogP contribution is -2.49. The number of nitrogens with zero attached hydrogens (tertiary/aromatic N) is 1. The Morgan fingerprint density at radius 3 is 2.21 bits per heavy atom. The molecule has 2 amide bonds. The summed E-state index contributed by atoms with van der Waals surface area (Å²) in [7, 11) is -3.57. The Bertz CT molecular complexity index is 1150. The van der Waals surface area contributed by atoms with Crippen LogP contribution in [0.1, 0.15) is 58.8 Å². The summed E-state index contributed by atoms with van der Waals surface area (Å²) in [5.41, 5.74) is 3.23. The summed E-state index contributed by atoms with van der Waals surface area (Å²) in [5.74, 6) is 0.405. The van der Waals surface area contributed by atoms with Crippen molar-refractivity contribution in [1.29, 1.82) is 0 Å². The number of imide groups is 1. The quantitative estimate of drug-likeness (QED) is 0.133. The van der Waals surface area contributed by atoms with Gasteiger partial charge in [0, 0.05) is 32.8 Å². The highest BCUT2D eigenvalue weighted by atomic mass is 28.4. The van der Waals surface area contributed by atoms with Gasteiger partial charge in [-0.1, -0.05) is 61.2 Å². The van der Waals surface area contributed by atoms with E-state index in [-0.39, 0.29) is 39.3 Å². The third-order valence-corrected chi connectivity index (χ3v) is 16.5. The predicted molar refractivity (Wildman–Crippen MR) is 167 cm³/mol. The van der Waals surface area contributed by atoms with E-state index in [1.807, 2.05) is 18.2 Å². The molecule has 3 aliphatic rings. The number of hydrogen-bond donors (Lipinski definition) is 0. The van der Waals surface area contributed by atoms with Gasteiger partial charge in [0.1, 0.15) is 13.4 Å². The van der Waals surface area contributed by atoms with E-state index in [4.69, 9.17) is 28.1 Å². The summed E-state index contributed by atoms with van der Waals surface area (Å²) >= 11 is 0. The van der Waals surface area contributed by atoms with Gasteiger partial charge in [-0.15, -0.1) is 0 Å². The smallest absolute Gasteiger partial charge is 0.416 e. The SMILES string of the molecule is CC(C)[Si](OC[C@H]1C(C(=O)N2CCOC2=O)=Cc2cc3c(cc2[C@@H]1OCOCC[Si](C)(C)C)OCO3)(C(C)C)C(C)C. The average Bonchev–Trinajstić information content (AvgIpc) is 3.54. The lowest BCUT2D eigenvalue weighted by atomic mass is 9.80. The van der Waals surface area contributed by atoms with E-state index in [0.29, 0.717) is 40.3 Å². The number of benzene rings is 1. The zero-order chi connectivity index (χ0) is 30.8. The summed E-state index contributed by atoms with van der Waals surface area (Å²) < 4.78 is 36.1. The summed E-state index contributed by atoms with van der Waals surface area (Å²) in [5, 5.41) is 0. The highest BCUT2D eigenvalue weighted by Gasteiger charge is 2.48. The van der Waals surface area contributed by atoms with Crippen LogP contribution in [0.2, 0.25) is 42.3 Å². The highest BCUT2D eigenvalue weighted by Crippen LogP contribution is 2.48. The molecule has 0 spiro atoms. The molecule has 9 nitrogen and oxygen atoms in total. The molecule has 1 saturated heterocycles. The molecule has 42 heavy (non-hydrogen) atoms. The molecule has 1 aromatic rings. The van der Waals surface area contributed by atoms with Crippen molar-refractivity contribution in [3.63, 3.8) is 0 Å². The zero-order valence-corrected chi connectivity index (χ0v) is 28.8. The Kier molecular flexibility index (Phi) is 10.3. The van der Waals surface area contributed by atoms with Crippen molar-refractivity contribution in [3.05, 3.63) is 28.8 Å². The van der Waals surface area contributed by atoms with Crippen molar-refractivity contribution in [2.24, 2.45) is 5.92 Å². The number of cyclic esters (lactones) is 1. The second-order valence-electron chi connectivity index (χ2n) is 13.7. The lowest BCUT2D eigenvalue weighted by molar-refractivity contribution is -0.128. The normalized spacial score (nSPS) is 20.4. The Balaban J connectivity index is 1.73. The fourth-order valence-corrected chi connectivity index (χ4v) is 12.9. The summed E-state index contributed by atoms with van der Waals surface area (Å²) in [4.78, 5) is 27.7. The molecule has 0 bridgehead atoms. The second kappa shape index (κ2) is 13.2. The first-order valence-corrected chi connectivity index (χ1v) is 21.1. The maximum absolute atomic E-state index is 14.0. The minimum atomic E-state index is -2.29. The van der Waals surface area contributed by atoms with Crippen LogP contribution in [0.3, 0.4) is 0 Å². The molecule has 2 heterocycles. The molecule has 11 heteroatoms. The molecule has 2 atom stereocenters. The van der Waals surface area contributed by atoms with E-state index in [0.717, 1.165) is 17.2 Å². The van der Waals surface area contributed by atoms with Gasteiger partial charge in [0.05, 0.1) is 12.6 Å². The highest BCUT2D eigenvalue weighted by molar-refractivity contribution is 6.77. The van der Waals surface area contributed by atoms with Gasteiger partial charge in [0.15, 0.2) is 19.8 Å². The molecule has 0 radical (unpaired) electrons. The minimum Gasteiger partial charge on any atom is -0.454 e. The molecule has 0 saturated carbocycles. The van der Waals surface area contributed by atoms with Gasteiger partial charge >= 0.3 is 6.09 Å². The summed E-state index contributed by atoms with van der Waals surface area (Å²) in [6.07, 6.45) is 0.677. The topological polar surface area (TPSA) is 92.8 Å². The van der Waals surface area contributed by atoms with E-state index in [1.54, 1.807) is 0 Å². The Morgan fingerprint density at radius 1 is 1.00 bits per heavy atom. The van der Waals surface area contributed by atoms with Crippen molar-refractivity contribution < 1.29 is 37.7 Å². The first-order valence-electron chi connectivity index (χ1n) is 15.2. The van der Waals surface area contributed by atoms with Crippen LogP contribution in [0.25, 0.3) is 6.08 Å². The van der Waals surface area contributed by atoms with E-state index in [2.05, 4.69) is 61.2 Å². The molecule has 0 N–H and O–H groups in total. The molecule has 0 unspecified atom stereocenters. The largest absolute Gasteiger partial charge is 0.454 e. The average molecular weight is 620 g/mol. The maximum Gasteiger partial charge on any atom is 0.416 e. The third-order valence-electron chi connectivity index (χ3n) is 8.76. The third kappa shape index (κ3) is 6.80. The minimum absolute atomic E-state index is 0.0773. The van der Waals surface area contributed by atoms with Gasteiger partial charge in [-0.2, -0.15) is 0 Å². The molecule has 2 aliphatic heterocycles. The number of fused-ring (bicyclic) bond motifs is 2. The van der Waals surface area contributed by atoms with E-state index < -0.39 is 34.5 Å². The monoisotopic (exact) mass is 619 g/mol. The van der Waals surface area contributed by atoms with E-state index in [9.17, 15) is 9.59 Å². The summed E-state index contributed by atoms with van der Waals surface area (Å²) in [6.45, 7) is 21.9. The van der Waals surface area contributed by atoms with Crippen molar-refractivity contribution in [3.8, 4) is 11.5 Å². The Morgan fingerprint density at radius 2 is 1.64 bits per heavy atom. The number of rotatable bonds is 13. The fraction of sp³-hybridized carbons (Fsp3) is 0.677. The number of carbonyl (C=O) groups excluding carboxylic acids is 2. The number of hydrogen-bond acceptors (Lipinski definition) is 8. The van der Waals surface area contributed by atoms with Crippen LogP contribution in [-0.2, 0) is 23.4 Å². The van der Waals surface area contributed by atoms with Crippen LogP contribution in [-0.4, -0.2) is 73.2 Å². The Hall–Kier alpha value is -2.19. The van der Waals surface area contributed by atoms with Gasteiger partial charge in [0.25, 0.3) is 5.91 Å². The van der Waals surface area contributed by atoms with Crippen LogP contribution >= 0.6 is 0 Å². The summed E-state index contributed by atoms with van der Waals surface area (Å²) in [6, 6.07) is 4.84. The second-order valence-corrected chi connectivity index (χ2v) is 24.7. The standard InChI is InChI=1S/C31H49NO8Si2/c1-20(2)42(21(3)4,22(5)6)40-17-26-25(30(33)32-10-11-36-31(32)34)14-23-15-27-28(38-19-37-27)16-24(23)29(26)39-18-35-12-13-41(7,8)9/h14-16,20-22,26,29H,10-13,17-19H2,1-9H3/t26-,29-/m0/s1. The van der Waals surface area contributed by atoms with Crippen LogP contribution in [0.4, 0.5) is 4.79 Å². The number of carbonyl (C=O) groups is 2. The molecular formula is C31H49NO8Si2. The molecule has 234 valence electrons. The first-order chi connectivity index (χ1) is 19.8. The van der Waals surface area contributed by atoms with E-state index in [1.165, 1.54) is 4.90 Å². The van der Waals surface area contributed by atoms with Gasteiger partial charge in [-0.25, -0.2) is 9.69 Å². The van der Waals surface area contributed by atoms with Crippen molar-refractivity contribution in [2.75, 3.05) is 40.0 Å². The van der Waals surface area contributed by atoms with Crippen LogP contribution in [0.15, 0.2) is 17.7 Å². The van der Waals surface area contributed by atoms with Crippen molar-refractivity contribution in [2.45, 2.75) is 90.0 Å². The van der Waals surface area contributed by atoms with Gasteiger partial charge in [-0.05, 0) is 52.0 Å².